The molecule has 0 aromatic heterocycles. The van der Waals surface area contributed by atoms with Crippen molar-refractivity contribution in [3.8, 4) is 0 Å². The lowest BCUT2D eigenvalue weighted by Crippen LogP contribution is -1.96. The molecule has 1 N–H and O–H groups in total. The lowest BCUT2D eigenvalue weighted by molar-refractivity contribution is 0.280. The van der Waals surface area contributed by atoms with Crippen LogP contribution in [0.2, 0.25) is 0 Å². The average Bonchev–Trinajstić information content (AvgIpc) is 2.24. The molecule has 0 saturated heterocycles. The Bertz CT molecular complexity index is 363. The minimum atomic E-state index is -0.195. The fourth-order valence-electron chi connectivity index (χ4n) is 1.35. The molecule has 0 heterocycles. The number of halogens is 1. The van der Waals surface area contributed by atoms with Gasteiger partial charge in [0, 0.05) is 16.0 Å². The van der Waals surface area contributed by atoms with Gasteiger partial charge in [-0.05, 0) is 36.1 Å². The first-order valence-corrected chi connectivity index (χ1v) is 5.47. The number of aliphatic hydroxyl groups excluding tert-OH is 1. The molecule has 1 unspecified atom stereocenters. The van der Waals surface area contributed by atoms with Gasteiger partial charge in [0.05, 0.1) is 6.04 Å². The largest absolute Gasteiger partial charge is 0.396 e. The number of benzene rings is 1. The predicted molar refractivity (Wildman–Crippen MR) is 62.3 cm³/mol. The number of azide groups is 1. The van der Waals surface area contributed by atoms with Crippen molar-refractivity contribution in [1.82, 2.24) is 0 Å². The van der Waals surface area contributed by atoms with Crippen molar-refractivity contribution in [3.63, 3.8) is 0 Å². The van der Waals surface area contributed by atoms with Gasteiger partial charge in [-0.3, -0.25) is 0 Å². The highest BCUT2D eigenvalue weighted by molar-refractivity contribution is 9.10. The normalized spacial score (nSPS) is 11.9. The van der Waals surface area contributed by atoms with Crippen molar-refractivity contribution < 1.29 is 5.11 Å². The third-order valence-corrected chi connectivity index (χ3v) is 2.55. The highest BCUT2D eigenvalue weighted by Crippen LogP contribution is 2.25. The van der Waals surface area contributed by atoms with Gasteiger partial charge in [-0.25, -0.2) is 0 Å². The maximum atomic E-state index is 8.74. The summed E-state index contributed by atoms with van der Waals surface area (Å²) in [5, 5.41) is 12.5. The Labute approximate surface area is 96.7 Å². The first-order valence-electron chi connectivity index (χ1n) is 4.68. The van der Waals surface area contributed by atoms with E-state index in [1.54, 1.807) is 0 Å². The van der Waals surface area contributed by atoms with Crippen molar-refractivity contribution in [2.45, 2.75) is 18.9 Å². The van der Waals surface area contributed by atoms with Crippen LogP contribution in [0.25, 0.3) is 10.4 Å². The number of aliphatic hydroxyl groups is 1. The van der Waals surface area contributed by atoms with Crippen LogP contribution in [0.3, 0.4) is 0 Å². The first-order chi connectivity index (χ1) is 7.27. The molecule has 0 saturated carbocycles. The molecule has 15 heavy (non-hydrogen) atoms. The van der Waals surface area contributed by atoms with Crippen molar-refractivity contribution >= 4 is 15.9 Å². The number of hydrogen-bond acceptors (Lipinski definition) is 2. The lowest BCUT2D eigenvalue weighted by Gasteiger charge is -2.10. The van der Waals surface area contributed by atoms with E-state index in [1.807, 2.05) is 24.3 Å². The van der Waals surface area contributed by atoms with Crippen LogP contribution in [-0.2, 0) is 0 Å². The van der Waals surface area contributed by atoms with E-state index < -0.39 is 0 Å². The maximum absolute atomic E-state index is 8.74. The standard InChI is InChI=1S/C10H12BrN3O/c11-9-4-1-3-8(7-9)10(13-14-12)5-2-6-15/h1,3-4,7,10,15H,2,5-6H2. The van der Waals surface area contributed by atoms with Crippen LogP contribution in [0, 0.1) is 0 Å². The lowest BCUT2D eigenvalue weighted by atomic mass is 10.0. The van der Waals surface area contributed by atoms with E-state index in [0.717, 1.165) is 10.0 Å². The summed E-state index contributed by atoms with van der Waals surface area (Å²) in [6.45, 7) is 0.117. The SMILES string of the molecule is [N-]=[N+]=NC(CCCO)c1cccc(Br)c1. The van der Waals surface area contributed by atoms with Crippen LogP contribution in [0.4, 0.5) is 0 Å². The second-order valence-electron chi connectivity index (χ2n) is 3.14. The topological polar surface area (TPSA) is 69.0 Å². The van der Waals surface area contributed by atoms with Crippen LogP contribution < -0.4 is 0 Å². The van der Waals surface area contributed by atoms with Gasteiger partial charge in [-0.2, -0.15) is 0 Å². The second kappa shape index (κ2) is 6.45. The number of rotatable bonds is 5. The molecule has 0 spiro atoms. The van der Waals surface area contributed by atoms with E-state index in [-0.39, 0.29) is 12.6 Å². The Morgan fingerprint density at radius 1 is 1.53 bits per heavy atom. The van der Waals surface area contributed by atoms with Crippen LogP contribution in [0.1, 0.15) is 24.4 Å². The van der Waals surface area contributed by atoms with Crippen molar-refractivity contribution in [2.75, 3.05) is 6.61 Å². The number of nitrogens with zero attached hydrogens (tertiary/aromatic N) is 3. The molecular formula is C10H12BrN3O. The zero-order valence-electron chi connectivity index (χ0n) is 8.17. The molecular weight excluding hydrogens is 258 g/mol. The van der Waals surface area contributed by atoms with Crippen LogP contribution in [0.15, 0.2) is 33.9 Å². The van der Waals surface area contributed by atoms with E-state index in [0.29, 0.717) is 12.8 Å². The van der Waals surface area contributed by atoms with Crippen LogP contribution in [-0.4, -0.2) is 11.7 Å². The summed E-state index contributed by atoms with van der Waals surface area (Å²) in [4.78, 5) is 2.82. The fourth-order valence-corrected chi connectivity index (χ4v) is 1.77. The molecule has 80 valence electrons. The molecule has 4 nitrogen and oxygen atoms in total. The zero-order valence-corrected chi connectivity index (χ0v) is 9.76. The average molecular weight is 270 g/mol. The molecule has 0 aliphatic heterocycles. The fraction of sp³-hybridized carbons (Fsp3) is 0.400. The van der Waals surface area contributed by atoms with Gasteiger partial charge in [0.1, 0.15) is 0 Å². The molecule has 0 amide bonds. The van der Waals surface area contributed by atoms with Crippen molar-refractivity contribution in [1.29, 1.82) is 0 Å². The summed E-state index contributed by atoms with van der Waals surface area (Å²) in [7, 11) is 0. The molecule has 0 fully saturated rings. The summed E-state index contributed by atoms with van der Waals surface area (Å²) < 4.78 is 0.960. The predicted octanol–water partition coefficient (Wildman–Crippen LogP) is 3.57. The van der Waals surface area contributed by atoms with Gasteiger partial charge in [0.15, 0.2) is 0 Å². The first kappa shape index (κ1) is 12.0. The monoisotopic (exact) mass is 269 g/mol. The molecule has 1 atom stereocenters. The summed E-state index contributed by atoms with van der Waals surface area (Å²) in [5.41, 5.74) is 9.42. The molecule has 1 aromatic rings. The molecule has 1 aromatic carbocycles. The van der Waals surface area contributed by atoms with Gasteiger partial charge >= 0.3 is 0 Å². The van der Waals surface area contributed by atoms with E-state index >= 15 is 0 Å². The molecule has 0 radical (unpaired) electrons. The Morgan fingerprint density at radius 2 is 2.33 bits per heavy atom. The van der Waals surface area contributed by atoms with Gasteiger partial charge in [0.25, 0.3) is 0 Å². The molecule has 5 heteroatoms. The third kappa shape index (κ3) is 3.91. The molecule has 0 aliphatic rings. The van der Waals surface area contributed by atoms with Crippen molar-refractivity contribution in [2.24, 2.45) is 5.11 Å². The highest BCUT2D eigenvalue weighted by Gasteiger charge is 2.08. The summed E-state index contributed by atoms with van der Waals surface area (Å²) >= 11 is 3.37. The smallest absolute Gasteiger partial charge is 0.0626 e. The Hall–Kier alpha value is -1.03. The molecule has 0 aliphatic carbocycles. The summed E-state index contributed by atoms with van der Waals surface area (Å²) in [6.07, 6.45) is 1.30. The maximum Gasteiger partial charge on any atom is 0.0626 e. The third-order valence-electron chi connectivity index (χ3n) is 2.06. The zero-order chi connectivity index (χ0) is 11.1. The summed E-state index contributed by atoms with van der Waals surface area (Å²) in [6, 6.07) is 7.47. The van der Waals surface area contributed by atoms with E-state index in [4.69, 9.17) is 10.6 Å². The minimum Gasteiger partial charge on any atom is -0.396 e. The highest BCUT2D eigenvalue weighted by atomic mass is 79.9. The van der Waals surface area contributed by atoms with Gasteiger partial charge in [0.2, 0.25) is 0 Å². The van der Waals surface area contributed by atoms with Crippen molar-refractivity contribution in [3.05, 3.63) is 44.7 Å². The second-order valence-corrected chi connectivity index (χ2v) is 4.06. The van der Waals surface area contributed by atoms with E-state index in [1.165, 1.54) is 0 Å². The molecule has 1 rings (SSSR count). The van der Waals surface area contributed by atoms with Crippen LogP contribution >= 0.6 is 15.9 Å². The molecule has 0 bridgehead atoms. The van der Waals surface area contributed by atoms with Gasteiger partial charge < -0.3 is 5.11 Å². The quantitative estimate of drug-likeness (QED) is 0.496. The number of hydrogen-bond donors (Lipinski definition) is 1. The van der Waals surface area contributed by atoms with E-state index in [9.17, 15) is 0 Å². The minimum absolute atomic E-state index is 0.117. The Kier molecular flexibility index (Phi) is 5.18. The van der Waals surface area contributed by atoms with Gasteiger partial charge in [-0.15, -0.1) is 0 Å². The van der Waals surface area contributed by atoms with Gasteiger partial charge in [-0.1, -0.05) is 33.2 Å². The Morgan fingerprint density at radius 3 is 2.93 bits per heavy atom. The van der Waals surface area contributed by atoms with Crippen LogP contribution in [0.5, 0.6) is 0 Å². The summed E-state index contributed by atoms with van der Waals surface area (Å²) in [5.74, 6) is 0. The Balaban J connectivity index is 2.83. The van der Waals surface area contributed by atoms with E-state index in [2.05, 4.69) is 26.0 Å².